The fourth-order valence-corrected chi connectivity index (χ4v) is 3.07. The molecule has 18 heavy (non-hydrogen) atoms. The monoisotopic (exact) mass is 358 g/mol. The molecular weight excluding hydrogens is 348 g/mol. The average molecular weight is 360 g/mol. The molecule has 0 aliphatic heterocycles. The molecule has 0 aromatic carbocycles. The molecule has 1 N–H and O–H groups in total. The number of halogens is 2. The summed E-state index contributed by atoms with van der Waals surface area (Å²) in [7, 11) is -0.938. The Morgan fingerprint density at radius 2 is 2.11 bits per heavy atom. The van der Waals surface area contributed by atoms with Crippen LogP contribution in [0, 0.1) is 0 Å². The highest BCUT2D eigenvalue weighted by atomic mass is 79.9. The van der Waals surface area contributed by atoms with Crippen LogP contribution in [-0.2, 0) is 19.5 Å². The van der Waals surface area contributed by atoms with E-state index in [2.05, 4.69) is 25.6 Å². The molecule has 1 aromatic rings. The summed E-state index contributed by atoms with van der Waals surface area (Å²) in [4.78, 5) is 3.64. The van der Waals surface area contributed by atoms with Crippen molar-refractivity contribution >= 4 is 37.6 Å². The van der Waals surface area contributed by atoms with Gasteiger partial charge >= 0.3 is 0 Å². The number of nitrogens with zero attached hydrogens (tertiary/aromatic N) is 1. The number of aromatic nitrogens is 1. The lowest BCUT2D eigenvalue weighted by atomic mass is 10.5. The Labute approximate surface area is 119 Å². The lowest BCUT2D eigenvalue weighted by Crippen LogP contribution is -2.34. The third kappa shape index (κ3) is 4.15. The van der Waals surface area contributed by atoms with Crippen LogP contribution in [0.5, 0.6) is 0 Å². The fourth-order valence-electron chi connectivity index (χ4n) is 1.11. The third-order valence-electron chi connectivity index (χ3n) is 2.03. The van der Waals surface area contributed by atoms with E-state index >= 15 is 0 Å². The molecule has 6 nitrogen and oxygen atoms in total. The zero-order valence-corrected chi connectivity index (χ0v) is 12.8. The number of hydrogen-bond acceptors (Lipinski definition) is 5. The Morgan fingerprint density at radius 1 is 1.50 bits per heavy atom. The van der Waals surface area contributed by atoms with Crippen LogP contribution in [0.25, 0.3) is 0 Å². The van der Waals surface area contributed by atoms with Gasteiger partial charge in [-0.15, -0.1) is 0 Å². The smallest absolute Gasteiger partial charge is 0.243 e. The van der Waals surface area contributed by atoms with Crippen molar-refractivity contribution in [2.75, 3.05) is 20.8 Å². The van der Waals surface area contributed by atoms with E-state index in [0.717, 1.165) is 0 Å². The Bertz CT molecular complexity index is 507. The quantitative estimate of drug-likeness (QED) is 0.613. The summed E-state index contributed by atoms with van der Waals surface area (Å²) in [5.74, 6) is 0. The molecule has 0 atom stereocenters. The maximum absolute atomic E-state index is 12.0. The van der Waals surface area contributed by atoms with Gasteiger partial charge in [-0.1, -0.05) is 11.6 Å². The molecular formula is C9H12BrClN2O4S. The van der Waals surface area contributed by atoms with Crippen molar-refractivity contribution in [1.82, 2.24) is 9.71 Å². The van der Waals surface area contributed by atoms with Crippen LogP contribution in [0.3, 0.4) is 0 Å². The number of rotatable bonds is 6. The van der Waals surface area contributed by atoms with E-state index in [1.807, 2.05) is 0 Å². The molecule has 0 radical (unpaired) electrons. The van der Waals surface area contributed by atoms with Gasteiger partial charge in [0.15, 0.2) is 6.29 Å². The van der Waals surface area contributed by atoms with Crippen molar-refractivity contribution in [2.24, 2.45) is 0 Å². The van der Waals surface area contributed by atoms with Gasteiger partial charge in [0.1, 0.15) is 10.0 Å². The summed E-state index contributed by atoms with van der Waals surface area (Å²) in [6.07, 6.45) is 0.743. The van der Waals surface area contributed by atoms with Crippen molar-refractivity contribution in [1.29, 1.82) is 0 Å². The molecule has 0 spiro atoms. The van der Waals surface area contributed by atoms with Gasteiger partial charge in [-0.2, -0.15) is 0 Å². The first-order valence-corrected chi connectivity index (χ1v) is 7.42. The lowest BCUT2D eigenvalue weighted by molar-refractivity contribution is -0.0960. The SMILES string of the molecule is COC(CNS(=O)(=O)c1cc(Br)cnc1Cl)OC. The van der Waals surface area contributed by atoms with E-state index in [0.29, 0.717) is 4.47 Å². The highest BCUT2D eigenvalue weighted by molar-refractivity contribution is 9.10. The average Bonchev–Trinajstić information content (AvgIpc) is 2.33. The van der Waals surface area contributed by atoms with Crippen LogP contribution in [0.15, 0.2) is 21.6 Å². The number of pyridine rings is 1. The number of nitrogens with one attached hydrogen (secondary N) is 1. The molecule has 0 unspecified atom stereocenters. The maximum atomic E-state index is 12.0. The molecule has 1 rings (SSSR count). The van der Waals surface area contributed by atoms with Crippen LogP contribution in [0.2, 0.25) is 5.15 Å². The second-order valence-corrected chi connectivity index (χ2v) is 6.20. The molecule has 0 aliphatic carbocycles. The van der Waals surface area contributed by atoms with Crippen LogP contribution in [0.1, 0.15) is 0 Å². The van der Waals surface area contributed by atoms with Crippen molar-refractivity contribution in [3.63, 3.8) is 0 Å². The molecule has 0 amide bonds. The summed E-state index contributed by atoms with van der Waals surface area (Å²) in [5, 5.41) is -0.0999. The Balaban J connectivity index is 2.89. The second-order valence-electron chi connectivity index (χ2n) is 3.20. The van der Waals surface area contributed by atoms with Gasteiger partial charge in [-0.05, 0) is 22.0 Å². The van der Waals surface area contributed by atoms with E-state index in [-0.39, 0.29) is 16.6 Å². The maximum Gasteiger partial charge on any atom is 0.243 e. The topological polar surface area (TPSA) is 77.5 Å². The minimum Gasteiger partial charge on any atom is -0.355 e. The number of sulfonamides is 1. The third-order valence-corrected chi connectivity index (χ3v) is 4.31. The van der Waals surface area contributed by atoms with Crippen molar-refractivity contribution < 1.29 is 17.9 Å². The van der Waals surface area contributed by atoms with Gasteiger partial charge in [0.2, 0.25) is 10.0 Å². The molecule has 9 heteroatoms. The van der Waals surface area contributed by atoms with Gasteiger partial charge in [-0.25, -0.2) is 18.1 Å². The van der Waals surface area contributed by atoms with E-state index in [1.54, 1.807) is 0 Å². The molecule has 0 saturated heterocycles. The molecule has 1 aromatic heterocycles. The summed E-state index contributed by atoms with van der Waals surface area (Å²) in [5.41, 5.74) is 0. The summed E-state index contributed by atoms with van der Waals surface area (Å²) >= 11 is 8.88. The number of hydrogen-bond donors (Lipinski definition) is 1. The van der Waals surface area contributed by atoms with Gasteiger partial charge in [0.05, 0.1) is 6.54 Å². The highest BCUT2D eigenvalue weighted by Crippen LogP contribution is 2.22. The summed E-state index contributed by atoms with van der Waals surface area (Å²) in [6, 6.07) is 1.37. The van der Waals surface area contributed by atoms with Crippen LogP contribution in [-0.4, -0.2) is 40.5 Å². The van der Waals surface area contributed by atoms with Crippen molar-refractivity contribution in [3.05, 3.63) is 21.9 Å². The van der Waals surface area contributed by atoms with Gasteiger partial charge in [0, 0.05) is 24.9 Å². The predicted octanol–water partition coefficient (Wildman–Crippen LogP) is 1.39. The van der Waals surface area contributed by atoms with Crippen molar-refractivity contribution in [2.45, 2.75) is 11.2 Å². The number of ether oxygens (including phenoxy) is 2. The van der Waals surface area contributed by atoms with Crippen LogP contribution >= 0.6 is 27.5 Å². The summed E-state index contributed by atoms with van der Waals surface area (Å²) in [6.45, 7) is -0.0296. The zero-order chi connectivity index (χ0) is 13.8. The largest absolute Gasteiger partial charge is 0.355 e. The van der Waals surface area contributed by atoms with Gasteiger partial charge in [0.25, 0.3) is 0 Å². The normalized spacial score (nSPS) is 12.1. The van der Waals surface area contributed by atoms with Crippen molar-refractivity contribution in [3.8, 4) is 0 Å². The Morgan fingerprint density at radius 3 is 2.67 bits per heavy atom. The van der Waals surface area contributed by atoms with E-state index in [1.165, 1.54) is 26.5 Å². The molecule has 0 bridgehead atoms. The number of methoxy groups -OCH3 is 2. The van der Waals surface area contributed by atoms with Gasteiger partial charge < -0.3 is 9.47 Å². The molecule has 102 valence electrons. The first kappa shape index (κ1) is 15.8. The first-order chi connectivity index (χ1) is 8.40. The molecule has 1 heterocycles. The minimum atomic E-state index is -3.76. The van der Waals surface area contributed by atoms with Crippen LogP contribution in [0.4, 0.5) is 0 Å². The predicted molar refractivity (Wildman–Crippen MR) is 69.9 cm³/mol. The van der Waals surface area contributed by atoms with E-state index < -0.39 is 16.3 Å². The molecule has 0 saturated carbocycles. The Hall–Kier alpha value is -0.250. The van der Waals surface area contributed by atoms with E-state index in [4.69, 9.17) is 21.1 Å². The standard InChI is InChI=1S/C9H12BrClN2O4S/c1-16-8(17-2)5-13-18(14,15)7-3-6(10)4-12-9(7)11/h3-4,8,13H,5H2,1-2H3. The second kappa shape index (κ2) is 6.78. The molecule has 0 aliphatic rings. The van der Waals surface area contributed by atoms with Gasteiger partial charge in [-0.3, -0.25) is 0 Å². The fraction of sp³-hybridized carbons (Fsp3) is 0.444. The highest BCUT2D eigenvalue weighted by Gasteiger charge is 2.20. The molecule has 0 fully saturated rings. The lowest BCUT2D eigenvalue weighted by Gasteiger charge is -2.14. The zero-order valence-electron chi connectivity index (χ0n) is 9.68. The van der Waals surface area contributed by atoms with E-state index in [9.17, 15) is 8.42 Å². The van der Waals surface area contributed by atoms with Crippen LogP contribution < -0.4 is 4.72 Å². The summed E-state index contributed by atoms with van der Waals surface area (Å²) < 4.78 is 36.5. The first-order valence-electron chi connectivity index (χ1n) is 4.77. The Kier molecular flexibility index (Phi) is 5.96. The minimum absolute atomic E-state index is 0.0296.